The van der Waals surface area contributed by atoms with Crippen molar-refractivity contribution < 1.29 is 14.3 Å². The van der Waals surface area contributed by atoms with Crippen molar-refractivity contribution in [2.75, 3.05) is 37.4 Å². The molecule has 0 aliphatic heterocycles. The van der Waals surface area contributed by atoms with E-state index < -0.39 is 5.97 Å². The summed E-state index contributed by atoms with van der Waals surface area (Å²) in [6.45, 7) is 4.86. The van der Waals surface area contributed by atoms with Crippen LogP contribution < -0.4 is 15.4 Å². The molecule has 8 nitrogen and oxygen atoms in total. The van der Waals surface area contributed by atoms with Crippen molar-refractivity contribution in [2.45, 2.75) is 13.8 Å². The molecular formula is C10H17N5O3. The number of rotatable bonds is 7. The Hall–Kier alpha value is -2.12. The zero-order chi connectivity index (χ0) is 13.4. The number of anilines is 2. The molecule has 2 N–H and O–H groups in total. The Balaban J connectivity index is 2.78. The van der Waals surface area contributed by atoms with E-state index in [1.807, 2.05) is 13.8 Å². The van der Waals surface area contributed by atoms with E-state index in [0.717, 1.165) is 0 Å². The number of nitrogens with one attached hydrogen (secondary N) is 2. The van der Waals surface area contributed by atoms with E-state index in [1.165, 1.54) is 7.11 Å². The lowest BCUT2D eigenvalue weighted by molar-refractivity contribution is -0.138. The van der Waals surface area contributed by atoms with Crippen LogP contribution in [0.25, 0.3) is 0 Å². The van der Waals surface area contributed by atoms with Gasteiger partial charge in [-0.15, -0.1) is 0 Å². The third kappa shape index (κ3) is 4.40. The van der Waals surface area contributed by atoms with Crippen LogP contribution in [-0.2, 0) is 9.53 Å². The van der Waals surface area contributed by atoms with E-state index in [2.05, 4.69) is 30.3 Å². The van der Waals surface area contributed by atoms with Crippen LogP contribution in [0.1, 0.15) is 13.8 Å². The first-order valence-corrected chi connectivity index (χ1v) is 5.63. The summed E-state index contributed by atoms with van der Waals surface area (Å²) in [7, 11) is 1.31. The van der Waals surface area contributed by atoms with Gasteiger partial charge in [0.1, 0.15) is 6.54 Å². The summed E-state index contributed by atoms with van der Waals surface area (Å²) < 4.78 is 9.72. The number of hydrogen-bond donors (Lipinski definition) is 2. The Morgan fingerprint density at radius 3 is 2.39 bits per heavy atom. The second kappa shape index (κ2) is 7.25. The first-order valence-electron chi connectivity index (χ1n) is 5.63. The third-order valence-corrected chi connectivity index (χ3v) is 1.84. The maximum Gasteiger partial charge on any atom is 0.325 e. The largest absolute Gasteiger partial charge is 0.468 e. The van der Waals surface area contributed by atoms with Crippen LogP contribution in [0, 0.1) is 0 Å². The van der Waals surface area contributed by atoms with E-state index in [1.54, 1.807) is 0 Å². The number of esters is 1. The number of hydrogen-bond acceptors (Lipinski definition) is 8. The maximum absolute atomic E-state index is 11.0. The molecule has 0 atom stereocenters. The van der Waals surface area contributed by atoms with Crippen LogP contribution in [0.3, 0.4) is 0 Å². The number of methoxy groups -OCH3 is 1. The highest BCUT2D eigenvalue weighted by molar-refractivity contribution is 5.74. The van der Waals surface area contributed by atoms with Gasteiger partial charge in [0.25, 0.3) is 0 Å². The molecular weight excluding hydrogens is 238 g/mol. The van der Waals surface area contributed by atoms with Gasteiger partial charge in [-0.05, 0) is 13.8 Å². The van der Waals surface area contributed by atoms with E-state index in [9.17, 15) is 4.79 Å². The highest BCUT2D eigenvalue weighted by Crippen LogP contribution is 2.10. The Morgan fingerprint density at radius 2 is 1.83 bits per heavy atom. The quantitative estimate of drug-likeness (QED) is 0.671. The average Bonchev–Trinajstić information content (AvgIpc) is 2.36. The summed E-state index contributed by atoms with van der Waals surface area (Å²) in [5.74, 6) is 0.247. The molecule has 0 saturated heterocycles. The Kier molecular flexibility index (Phi) is 5.62. The molecule has 0 aliphatic carbocycles. The highest BCUT2D eigenvalue weighted by atomic mass is 16.5. The topological polar surface area (TPSA) is 98.3 Å². The summed E-state index contributed by atoms with van der Waals surface area (Å²) in [6.07, 6.45) is 0. The van der Waals surface area contributed by atoms with Gasteiger partial charge in [0.15, 0.2) is 0 Å². The molecule has 1 aromatic rings. The smallest absolute Gasteiger partial charge is 0.325 e. The number of ether oxygens (including phenoxy) is 2. The predicted molar refractivity (Wildman–Crippen MR) is 65.7 cm³/mol. The summed E-state index contributed by atoms with van der Waals surface area (Å²) in [5.41, 5.74) is 0. The third-order valence-electron chi connectivity index (χ3n) is 1.84. The monoisotopic (exact) mass is 255 g/mol. The Labute approximate surface area is 105 Å². The van der Waals surface area contributed by atoms with Gasteiger partial charge in [0, 0.05) is 6.54 Å². The fraction of sp³-hybridized carbons (Fsp3) is 0.600. The molecule has 0 spiro atoms. The molecule has 0 aromatic carbocycles. The summed E-state index contributed by atoms with van der Waals surface area (Å²) >= 11 is 0. The normalized spacial score (nSPS) is 9.72. The van der Waals surface area contributed by atoms with Gasteiger partial charge in [0.05, 0.1) is 13.7 Å². The van der Waals surface area contributed by atoms with E-state index >= 15 is 0 Å². The van der Waals surface area contributed by atoms with Crippen LogP contribution in [-0.4, -0.2) is 47.7 Å². The fourth-order valence-electron chi connectivity index (χ4n) is 1.09. The molecule has 0 aliphatic rings. The average molecular weight is 255 g/mol. The molecule has 100 valence electrons. The van der Waals surface area contributed by atoms with Crippen LogP contribution in [0.4, 0.5) is 11.9 Å². The minimum absolute atomic E-state index is 0.0162. The van der Waals surface area contributed by atoms with Gasteiger partial charge in [-0.1, -0.05) is 0 Å². The van der Waals surface area contributed by atoms with Crippen LogP contribution in [0.5, 0.6) is 6.01 Å². The SMILES string of the molecule is CCNc1nc(NCC(=O)OC)nc(OCC)n1. The van der Waals surface area contributed by atoms with Gasteiger partial charge in [-0.3, -0.25) is 4.79 Å². The van der Waals surface area contributed by atoms with Crippen LogP contribution >= 0.6 is 0 Å². The van der Waals surface area contributed by atoms with E-state index in [0.29, 0.717) is 19.1 Å². The van der Waals surface area contributed by atoms with Crippen LogP contribution in [0.2, 0.25) is 0 Å². The zero-order valence-electron chi connectivity index (χ0n) is 10.7. The van der Waals surface area contributed by atoms with Crippen molar-refractivity contribution in [3.63, 3.8) is 0 Å². The molecule has 0 amide bonds. The Morgan fingerprint density at radius 1 is 1.17 bits per heavy atom. The lowest BCUT2D eigenvalue weighted by Gasteiger charge is -2.08. The summed E-state index contributed by atoms with van der Waals surface area (Å²) in [5, 5.41) is 5.69. The molecule has 8 heteroatoms. The molecule has 0 fully saturated rings. The van der Waals surface area contributed by atoms with Gasteiger partial charge in [-0.2, -0.15) is 15.0 Å². The molecule has 1 aromatic heterocycles. The highest BCUT2D eigenvalue weighted by Gasteiger charge is 2.08. The first kappa shape index (κ1) is 13.9. The van der Waals surface area contributed by atoms with Gasteiger partial charge in [-0.25, -0.2) is 0 Å². The molecule has 0 bridgehead atoms. The van der Waals surface area contributed by atoms with Crippen molar-refractivity contribution in [3.05, 3.63) is 0 Å². The van der Waals surface area contributed by atoms with E-state index in [4.69, 9.17) is 4.74 Å². The van der Waals surface area contributed by atoms with Gasteiger partial charge in [0.2, 0.25) is 11.9 Å². The minimum Gasteiger partial charge on any atom is -0.468 e. The predicted octanol–water partition coefficient (Wildman–Crippen LogP) is 0.287. The number of carbonyl (C=O) groups excluding carboxylic acids is 1. The Bertz CT molecular complexity index is 375. The minimum atomic E-state index is -0.404. The van der Waals surface area contributed by atoms with E-state index in [-0.39, 0.29) is 18.5 Å². The molecule has 0 unspecified atom stereocenters. The molecule has 0 saturated carbocycles. The standard InChI is InChI=1S/C10H17N5O3/c1-4-11-8-13-9(12-6-7(16)17-3)15-10(14-8)18-5-2/h4-6H2,1-3H3,(H2,11,12,13,14,15). The van der Waals surface area contributed by atoms with Crippen molar-refractivity contribution in [2.24, 2.45) is 0 Å². The lowest BCUT2D eigenvalue weighted by atomic mass is 10.6. The summed E-state index contributed by atoms with van der Waals surface area (Å²) in [6, 6.07) is 0.204. The molecule has 0 radical (unpaired) electrons. The number of carbonyl (C=O) groups is 1. The lowest BCUT2D eigenvalue weighted by Crippen LogP contribution is -2.18. The maximum atomic E-state index is 11.0. The van der Waals surface area contributed by atoms with Crippen molar-refractivity contribution in [1.82, 2.24) is 15.0 Å². The van der Waals surface area contributed by atoms with Gasteiger partial charge < -0.3 is 20.1 Å². The summed E-state index contributed by atoms with van der Waals surface area (Å²) in [4.78, 5) is 23.1. The van der Waals surface area contributed by atoms with Crippen molar-refractivity contribution >= 4 is 17.9 Å². The second-order valence-electron chi connectivity index (χ2n) is 3.16. The first-order chi connectivity index (χ1) is 8.69. The zero-order valence-corrected chi connectivity index (χ0v) is 10.7. The number of aromatic nitrogens is 3. The van der Waals surface area contributed by atoms with Crippen molar-refractivity contribution in [1.29, 1.82) is 0 Å². The molecule has 18 heavy (non-hydrogen) atoms. The van der Waals surface area contributed by atoms with Gasteiger partial charge >= 0.3 is 12.0 Å². The second-order valence-corrected chi connectivity index (χ2v) is 3.16. The van der Waals surface area contributed by atoms with Crippen LogP contribution in [0.15, 0.2) is 0 Å². The number of nitrogens with zero attached hydrogens (tertiary/aromatic N) is 3. The molecule has 1 heterocycles. The van der Waals surface area contributed by atoms with Crippen molar-refractivity contribution in [3.8, 4) is 6.01 Å². The molecule has 1 rings (SSSR count). The fourth-order valence-corrected chi connectivity index (χ4v) is 1.09.